The topological polar surface area (TPSA) is 58.6 Å². The minimum absolute atomic E-state index is 0.0800. The van der Waals surface area contributed by atoms with Crippen LogP contribution < -0.4 is 10.2 Å². The average Bonchev–Trinajstić information content (AvgIpc) is 2.82. The lowest BCUT2D eigenvalue weighted by Gasteiger charge is -2.28. The molecule has 3 rings (SSSR count). The number of nitrogens with one attached hydrogen (secondary N) is 1. The highest BCUT2D eigenvalue weighted by Gasteiger charge is 2.43. The second kappa shape index (κ2) is 6.83. The molecule has 6 heteroatoms. The third-order valence-electron chi connectivity index (χ3n) is 4.47. The molecule has 2 heterocycles. The third kappa shape index (κ3) is 3.47. The standard InChI is InChI=1S/C17H22N2O3S/c1-11-15(17(21)22-16(11)18-12(2)20)13-3-5-14(6-4-13)19-7-9-23-10-8-19/h3-6,11,15-16H,7-10H2,1-2H3,(H,18,20)/t11?,15?,16-/m1/s1. The summed E-state index contributed by atoms with van der Waals surface area (Å²) in [5.74, 6) is 1.46. The number of carbonyl (C=O) groups excluding carboxylic acids is 2. The number of thioether (sulfide) groups is 1. The molecule has 124 valence electrons. The highest BCUT2D eigenvalue weighted by Crippen LogP contribution is 2.36. The van der Waals surface area contributed by atoms with Crippen LogP contribution >= 0.6 is 11.8 Å². The molecule has 5 nitrogen and oxygen atoms in total. The van der Waals surface area contributed by atoms with E-state index in [1.807, 2.05) is 30.8 Å². The average molecular weight is 334 g/mol. The Bertz CT molecular complexity index is 584. The van der Waals surface area contributed by atoms with E-state index in [1.165, 1.54) is 12.6 Å². The summed E-state index contributed by atoms with van der Waals surface area (Å²) < 4.78 is 5.31. The Balaban J connectivity index is 1.73. The molecule has 1 aromatic carbocycles. The zero-order valence-electron chi connectivity index (χ0n) is 13.5. The van der Waals surface area contributed by atoms with E-state index in [1.54, 1.807) is 0 Å². The van der Waals surface area contributed by atoms with Gasteiger partial charge in [0, 0.05) is 43.1 Å². The molecule has 23 heavy (non-hydrogen) atoms. The van der Waals surface area contributed by atoms with Gasteiger partial charge in [-0.15, -0.1) is 0 Å². The number of anilines is 1. The summed E-state index contributed by atoms with van der Waals surface area (Å²) in [6, 6.07) is 8.18. The van der Waals surface area contributed by atoms with Gasteiger partial charge in [-0.05, 0) is 17.7 Å². The van der Waals surface area contributed by atoms with Crippen molar-refractivity contribution in [2.45, 2.75) is 26.0 Å². The molecule has 0 saturated carbocycles. The Morgan fingerprint density at radius 1 is 1.26 bits per heavy atom. The van der Waals surface area contributed by atoms with E-state index >= 15 is 0 Å². The molecule has 0 bridgehead atoms. The number of benzene rings is 1. The second-order valence-corrected chi connectivity index (χ2v) is 7.31. The van der Waals surface area contributed by atoms with Crippen LogP contribution in [0.4, 0.5) is 5.69 Å². The molecule has 0 aromatic heterocycles. The van der Waals surface area contributed by atoms with Crippen LogP contribution in [0.25, 0.3) is 0 Å². The fourth-order valence-electron chi connectivity index (χ4n) is 3.21. The van der Waals surface area contributed by atoms with E-state index in [0.29, 0.717) is 0 Å². The molecule has 0 aliphatic carbocycles. The first-order valence-electron chi connectivity index (χ1n) is 7.96. The van der Waals surface area contributed by atoms with Crippen LogP contribution in [0.1, 0.15) is 25.3 Å². The van der Waals surface area contributed by atoms with Gasteiger partial charge in [0.2, 0.25) is 5.91 Å². The summed E-state index contributed by atoms with van der Waals surface area (Å²) in [4.78, 5) is 25.8. The Labute approximate surface area is 140 Å². The maximum Gasteiger partial charge on any atom is 0.315 e. The maximum atomic E-state index is 12.2. The number of nitrogens with zero attached hydrogens (tertiary/aromatic N) is 1. The van der Waals surface area contributed by atoms with Crippen molar-refractivity contribution in [2.24, 2.45) is 5.92 Å². The van der Waals surface area contributed by atoms with Gasteiger partial charge < -0.3 is 15.0 Å². The number of hydrogen-bond donors (Lipinski definition) is 1. The summed E-state index contributed by atoms with van der Waals surface area (Å²) in [6.45, 7) is 5.50. The van der Waals surface area contributed by atoms with Gasteiger partial charge in [0.15, 0.2) is 6.23 Å². The zero-order chi connectivity index (χ0) is 16.4. The highest BCUT2D eigenvalue weighted by atomic mass is 32.2. The van der Waals surface area contributed by atoms with Crippen molar-refractivity contribution in [3.63, 3.8) is 0 Å². The first-order valence-corrected chi connectivity index (χ1v) is 9.12. The van der Waals surface area contributed by atoms with Crippen LogP contribution in [0.2, 0.25) is 0 Å². The largest absolute Gasteiger partial charge is 0.441 e. The SMILES string of the molecule is CC(=O)N[C@@H]1OC(=O)C(c2ccc(N3CCSCC3)cc2)C1C. The van der Waals surface area contributed by atoms with Gasteiger partial charge in [-0.25, -0.2) is 0 Å². The third-order valence-corrected chi connectivity index (χ3v) is 5.42. The molecule has 2 fully saturated rings. The lowest BCUT2D eigenvalue weighted by atomic mass is 9.88. The molecule has 1 amide bonds. The summed E-state index contributed by atoms with van der Waals surface area (Å²) in [6.07, 6.45) is -0.538. The summed E-state index contributed by atoms with van der Waals surface area (Å²) in [7, 11) is 0. The van der Waals surface area contributed by atoms with Crippen LogP contribution in [0, 0.1) is 5.92 Å². The van der Waals surface area contributed by atoms with Crippen LogP contribution in [-0.4, -0.2) is 42.7 Å². The molecular formula is C17H22N2O3S. The smallest absolute Gasteiger partial charge is 0.315 e. The van der Waals surface area contributed by atoms with Crippen molar-refractivity contribution in [3.05, 3.63) is 29.8 Å². The van der Waals surface area contributed by atoms with Gasteiger partial charge in [0.1, 0.15) is 0 Å². The Hall–Kier alpha value is -1.69. The molecule has 2 saturated heterocycles. The van der Waals surface area contributed by atoms with Gasteiger partial charge in [0.05, 0.1) is 5.92 Å². The quantitative estimate of drug-likeness (QED) is 0.857. The van der Waals surface area contributed by atoms with Gasteiger partial charge in [0.25, 0.3) is 0 Å². The fraction of sp³-hybridized carbons (Fsp3) is 0.529. The van der Waals surface area contributed by atoms with Crippen LogP contribution in [0.3, 0.4) is 0 Å². The highest BCUT2D eigenvalue weighted by molar-refractivity contribution is 7.99. The van der Waals surface area contributed by atoms with Crippen molar-refractivity contribution in [2.75, 3.05) is 29.5 Å². The van der Waals surface area contributed by atoms with Crippen molar-refractivity contribution in [1.82, 2.24) is 5.32 Å². The molecule has 2 unspecified atom stereocenters. The number of hydrogen-bond acceptors (Lipinski definition) is 5. The molecule has 0 spiro atoms. The van der Waals surface area contributed by atoms with E-state index in [9.17, 15) is 9.59 Å². The molecule has 1 N–H and O–H groups in total. The van der Waals surface area contributed by atoms with Gasteiger partial charge in [-0.1, -0.05) is 19.1 Å². The minimum Gasteiger partial charge on any atom is -0.441 e. The molecule has 1 aromatic rings. The number of rotatable bonds is 3. The number of esters is 1. The van der Waals surface area contributed by atoms with E-state index in [-0.39, 0.29) is 23.7 Å². The van der Waals surface area contributed by atoms with Crippen molar-refractivity contribution >= 4 is 29.3 Å². The summed E-state index contributed by atoms with van der Waals surface area (Å²) >= 11 is 1.99. The molecule has 2 aliphatic rings. The first-order chi connectivity index (χ1) is 11.1. The predicted octanol–water partition coefficient (Wildman–Crippen LogP) is 1.98. The van der Waals surface area contributed by atoms with Gasteiger partial charge in [-0.3, -0.25) is 9.59 Å². The maximum absolute atomic E-state index is 12.2. The Kier molecular flexibility index (Phi) is 4.80. The molecular weight excluding hydrogens is 312 g/mol. The number of carbonyl (C=O) groups is 2. The lowest BCUT2D eigenvalue weighted by Crippen LogP contribution is -2.36. The fourth-order valence-corrected chi connectivity index (χ4v) is 4.11. The second-order valence-electron chi connectivity index (χ2n) is 6.09. The number of ether oxygens (including phenoxy) is 1. The van der Waals surface area contributed by atoms with Crippen LogP contribution in [-0.2, 0) is 14.3 Å². The Morgan fingerprint density at radius 2 is 1.91 bits per heavy atom. The summed E-state index contributed by atoms with van der Waals surface area (Å²) in [5.41, 5.74) is 2.15. The van der Waals surface area contributed by atoms with E-state index in [0.717, 1.165) is 30.2 Å². The van der Waals surface area contributed by atoms with Crippen molar-refractivity contribution in [1.29, 1.82) is 0 Å². The Morgan fingerprint density at radius 3 is 2.52 bits per heavy atom. The monoisotopic (exact) mass is 334 g/mol. The summed E-state index contributed by atoms with van der Waals surface area (Å²) in [5, 5.41) is 2.69. The van der Waals surface area contributed by atoms with Crippen molar-refractivity contribution in [3.8, 4) is 0 Å². The number of cyclic esters (lactones) is 1. The minimum atomic E-state index is -0.538. The van der Waals surface area contributed by atoms with Gasteiger partial charge in [-0.2, -0.15) is 11.8 Å². The normalized spacial score (nSPS) is 27.7. The van der Waals surface area contributed by atoms with E-state index < -0.39 is 6.23 Å². The van der Waals surface area contributed by atoms with E-state index in [2.05, 4.69) is 22.3 Å². The van der Waals surface area contributed by atoms with Gasteiger partial charge >= 0.3 is 5.97 Å². The lowest BCUT2D eigenvalue weighted by molar-refractivity contribution is -0.144. The van der Waals surface area contributed by atoms with Crippen LogP contribution in [0.15, 0.2) is 24.3 Å². The first kappa shape index (κ1) is 16.2. The predicted molar refractivity (Wildman–Crippen MR) is 91.6 cm³/mol. The number of amides is 1. The molecule has 2 aliphatic heterocycles. The van der Waals surface area contributed by atoms with Crippen LogP contribution in [0.5, 0.6) is 0 Å². The zero-order valence-corrected chi connectivity index (χ0v) is 14.3. The molecule has 0 radical (unpaired) electrons. The van der Waals surface area contributed by atoms with E-state index in [4.69, 9.17) is 4.74 Å². The van der Waals surface area contributed by atoms with Crippen molar-refractivity contribution < 1.29 is 14.3 Å². The molecule has 3 atom stereocenters.